The number of benzene rings is 1. The monoisotopic (exact) mass is 297 g/mol. The molecule has 2 fully saturated rings. The highest BCUT2D eigenvalue weighted by Gasteiger charge is 2.22. The average Bonchev–Trinajstić information content (AvgIpc) is 3.25. The van der Waals surface area contributed by atoms with Gasteiger partial charge in [-0.15, -0.1) is 11.8 Å². The lowest BCUT2D eigenvalue weighted by Crippen LogP contribution is -2.19. The van der Waals surface area contributed by atoms with Crippen molar-refractivity contribution in [1.82, 2.24) is 5.32 Å². The van der Waals surface area contributed by atoms with E-state index in [1.54, 1.807) is 0 Å². The van der Waals surface area contributed by atoms with E-state index in [9.17, 15) is 0 Å². The number of hydrogen-bond acceptors (Lipinski definition) is 3. The molecule has 1 saturated heterocycles. The van der Waals surface area contributed by atoms with E-state index >= 15 is 0 Å². The first-order chi connectivity index (χ1) is 9.33. The minimum atomic E-state index is 0.647. The lowest BCUT2D eigenvalue weighted by Gasteiger charge is -2.23. The van der Waals surface area contributed by atoms with Crippen molar-refractivity contribution >= 4 is 23.4 Å². The van der Waals surface area contributed by atoms with Crippen LogP contribution >= 0.6 is 23.4 Å². The second-order valence-corrected chi connectivity index (χ2v) is 7.03. The summed E-state index contributed by atoms with van der Waals surface area (Å²) < 4.78 is 5.43. The molecule has 2 nitrogen and oxygen atoms in total. The number of rotatable bonds is 5. The molecule has 104 valence electrons. The first-order valence-corrected chi connectivity index (χ1v) is 8.34. The normalized spacial score (nSPS) is 20.7. The van der Waals surface area contributed by atoms with Gasteiger partial charge in [-0.3, -0.25) is 0 Å². The molecule has 1 N–H and O–H groups in total. The zero-order valence-corrected chi connectivity index (χ0v) is 12.6. The molecule has 0 aromatic heterocycles. The molecule has 1 saturated carbocycles. The molecule has 1 aliphatic carbocycles. The van der Waals surface area contributed by atoms with Crippen LogP contribution < -0.4 is 5.32 Å². The largest absolute Gasteiger partial charge is 0.381 e. The van der Waals surface area contributed by atoms with Crippen molar-refractivity contribution in [1.29, 1.82) is 0 Å². The van der Waals surface area contributed by atoms with Crippen molar-refractivity contribution in [2.24, 2.45) is 0 Å². The van der Waals surface area contributed by atoms with Gasteiger partial charge >= 0.3 is 0 Å². The van der Waals surface area contributed by atoms with Gasteiger partial charge in [-0.2, -0.15) is 0 Å². The molecule has 0 amide bonds. The van der Waals surface area contributed by atoms with Gasteiger partial charge in [0.25, 0.3) is 0 Å². The van der Waals surface area contributed by atoms with Gasteiger partial charge in [-0.05, 0) is 37.3 Å². The van der Waals surface area contributed by atoms with Crippen LogP contribution in [-0.4, -0.2) is 24.5 Å². The van der Waals surface area contributed by atoms with Gasteiger partial charge in [0, 0.05) is 35.9 Å². The highest BCUT2D eigenvalue weighted by atomic mass is 35.5. The standard InChI is InChI=1S/C15H20ClNOS/c16-14-3-1-2-11(10-17-12-4-5-12)15(14)19-13-6-8-18-9-7-13/h1-3,12-13,17H,4-10H2. The lowest BCUT2D eigenvalue weighted by molar-refractivity contribution is 0.1000. The van der Waals surface area contributed by atoms with Crippen LogP contribution in [-0.2, 0) is 11.3 Å². The number of halogens is 1. The Morgan fingerprint density at radius 2 is 2.00 bits per heavy atom. The molecule has 1 aromatic rings. The molecule has 4 heteroatoms. The van der Waals surface area contributed by atoms with E-state index in [4.69, 9.17) is 16.3 Å². The Balaban J connectivity index is 1.69. The molecular weight excluding hydrogens is 278 g/mol. The van der Waals surface area contributed by atoms with Gasteiger partial charge in [-0.25, -0.2) is 0 Å². The van der Waals surface area contributed by atoms with E-state index in [-0.39, 0.29) is 0 Å². The summed E-state index contributed by atoms with van der Waals surface area (Å²) in [4.78, 5) is 1.27. The highest BCUT2D eigenvalue weighted by molar-refractivity contribution is 8.00. The molecule has 0 spiro atoms. The van der Waals surface area contributed by atoms with Gasteiger partial charge in [0.2, 0.25) is 0 Å². The molecule has 2 aliphatic rings. The molecule has 0 atom stereocenters. The predicted molar refractivity (Wildman–Crippen MR) is 81.0 cm³/mol. The third-order valence-corrected chi connectivity index (χ3v) is 5.61. The Morgan fingerprint density at radius 3 is 2.74 bits per heavy atom. The van der Waals surface area contributed by atoms with Crippen LogP contribution in [0.2, 0.25) is 5.02 Å². The molecule has 0 bridgehead atoms. The smallest absolute Gasteiger partial charge is 0.0545 e. The van der Waals surface area contributed by atoms with E-state index in [1.165, 1.54) is 23.3 Å². The molecule has 0 radical (unpaired) electrons. The maximum Gasteiger partial charge on any atom is 0.0545 e. The van der Waals surface area contributed by atoms with E-state index in [1.807, 2.05) is 17.8 Å². The Kier molecular flexibility index (Phi) is 4.69. The summed E-state index contributed by atoms with van der Waals surface area (Å²) in [5.74, 6) is 0. The highest BCUT2D eigenvalue weighted by Crippen LogP contribution is 2.37. The van der Waals surface area contributed by atoms with Crippen LogP contribution in [0.3, 0.4) is 0 Å². The SMILES string of the molecule is Clc1cccc(CNC2CC2)c1SC1CCOCC1. The first kappa shape index (κ1) is 13.7. The summed E-state index contributed by atoms with van der Waals surface area (Å²) in [7, 11) is 0. The van der Waals surface area contributed by atoms with Gasteiger partial charge in [0.05, 0.1) is 5.02 Å². The van der Waals surface area contributed by atoms with Crippen molar-refractivity contribution < 1.29 is 4.74 Å². The van der Waals surface area contributed by atoms with Crippen LogP contribution in [0, 0.1) is 0 Å². The Labute approximate surface area is 124 Å². The average molecular weight is 298 g/mol. The third-order valence-electron chi connectivity index (χ3n) is 3.66. The topological polar surface area (TPSA) is 21.3 Å². The molecular formula is C15H20ClNOS. The Hall–Kier alpha value is -0.220. The number of thioether (sulfide) groups is 1. The number of ether oxygens (including phenoxy) is 1. The van der Waals surface area contributed by atoms with Crippen molar-refractivity contribution in [2.45, 2.75) is 48.4 Å². The minimum Gasteiger partial charge on any atom is -0.381 e. The van der Waals surface area contributed by atoms with Gasteiger partial charge in [0.15, 0.2) is 0 Å². The fourth-order valence-corrected chi connectivity index (χ4v) is 3.89. The fraction of sp³-hybridized carbons (Fsp3) is 0.600. The van der Waals surface area contributed by atoms with Crippen molar-refractivity contribution in [3.63, 3.8) is 0 Å². The van der Waals surface area contributed by atoms with Crippen LogP contribution in [0.1, 0.15) is 31.2 Å². The molecule has 19 heavy (non-hydrogen) atoms. The molecule has 0 unspecified atom stereocenters. The van der Waals surface area contributed by atoms with Gasteiger partial charge in [-0.1, -0.05) is 23.7 Å². The maximum atomic E-state index is 6.40. The summed E-state index contributed by atoms with van der Waals surface area (Å²) in [6, 6.07) is 6.99. The Morgan fingerprint density at radius 1 is 1.21 bits per heavy atom. The molecule has 1 aliphatic heterocycles. The van der Waals surface area contributed by atoms with E-state index in [0.29, 0.717) is 5.25 Å². The zero-order valence-electron chi connectivity index (χ0n) is 11.0. The van der Waals surface area contributed by atoms with Gasteiger partial charge < -0.3 is 10.1 Å². The summed E-state index contributed by atoms with van der Waals surface area (Å²) in [5.41, 5.74) is 1.34. The minimum absolute atomic E-state index is 0.647. The zero-order chi connectivity index (χ0) is 13.1. The summed E-state index contributed by atoms with van der Waals surface area (Å²) in [5, 5.41) is 5.12. The predicted octanol–water partition coefficient (Wildman–Crippen LogP) is 3.86. The van der Waals surface area contributed by atoms with Crippen molar-refractivity contribution in [2.75, 3.05) is 13.2 Å². The summed E-state index contributed by atoms with van der Waals surface area (Å²) in [6.07, 6.45) is 4.91. The van der Waals surface area contributed by atoms with Crippen LogP contribution in [0.5, 0.6) is 0 Å². The van der Waals surface area contributed by atoms with Crippen LogP contribution in [0.15, 0.2) is 23.1 Å². The molecule has 3 rings (SSSR count). The second kappa shape index (κ2) is 6.49. The molecule has 1 heterocycles. The Bertz CT molecular complexity index is 430. The number of nitrogens with one attached hydrogen (secondary N) is 1. The lowest BCUT2D eigenvalue weighted by atomic mass is 10.2. The second-order valence-electron chi connectivity index (χ2n) is 5.31. The van der Waals surface area contributed by atoms with Crippen molar-refractivity contribution in [3.05, 3.63) is 28.8 Å². The third kappa shape index (κ3) is 3.88. The summed E-state index contributed by atoms with van der Waals surface area (Å²) >= 11 is 8.34. The fourth-order valence-electron chi connectivity index (χ4n) is 2.33. The summed E-state index contributed by atoms with van der Waals surface area (Å²) in [6.45, 7) is 2.71. The van der Waals surface area contributed by atoms with Gasteiger partial charge in [0.1, 0.15) is 0 Å². The molecule has 1 aromatic carbocycles. The van der Waals surface area contributed by atoms with Crippen LogP contribution in [0.25, 0.3) is 0 Å². The van der Waals surface area contributed by atoms with E-state index < -0.39 is 0 Å². The van der Waals surface area contributed by atoms with Crippen molar-refractivity contribution in [3.8, 4) is 0 Å². The van der Waals surface area contributed by atoms with E-state index in [0.717, 1.165) is 43.7 Å². The first-order valence-electron chi connectivity index (χ1n) is 7.08. The quantitative estimate of drug-likeness (QED) is 0.891. The van der Waals surface area contributed by atoms with Crippen LogP contribution in [0.4, 0.5) is 0 Å². The number of hydrogen-bond donors (Lipinski definition) is 1. The maximum absolute atomic E-state index is 6.40. The van der Waals surface area contributed by atoms with E-state index in [2.05, 4.69) is 17.4 Å².